The van der Waals surface area contributed by atoms with Gasteiger partial charge in [0.2, 0.25) is 0 Å². The molecule has 1 atom stereocenters. The Morgan fingerprint density at radius 3 is 3.15 bits per heavy atom. The highest BCUT2D eigenvalue weighted by Crippen LogP contribution is 2.33. The summed E-state index contributed by atoms with van der Waals surface area (Å²) in [5, 5.41) is 11.9. The zero-order valence-corrected chi connectivity index (χ0v) is 11.3. The van der Waals surface area contributed by atoms with Crippen molar-refractivity contribution in [2.45, 2.75) is 13.0 Å². The van der Waals surface area contributed by atoms with Gasteiger partial charge >= 0.3 is 0 Å². The molecule has 2 aromatic rings. The lowest BCUT2D eigenvalue weighted by molar-refractivity contribution is 0.181. The van der Waals surface area contributed by atoms with Crippen LogP contribution in [-0.4, -0.2) is 40.5 Å². The van der Waals surface area contributed by atoms with Gasteiger partial charge in [0.25, 0.3) is 0 Å². The number of hydrogen-bond donors (Lipinski definition) is 1. The highest BCUT2D eigenvalue weighted by Gasteiger charge is 2.22. The fourth-order valence-electron chi connectivity index (χ4n) is 2.44. The number of rotatable bonds is 4. The Kier molecular flexibility index (Phi) is 3.51. The summed E-state index contributed by atoms with van der Waals surface area (Å²) >= 11 is 0. The summed E-state index contributed by atoms with van der Waals surface area (Å²) in [7, 11) is 1.61. The Balaban J connectivity index is 1.96. The Morgan fingerprint density at radius 2 is 2.40 bits per heavy atom. The molecule has 7 nitrogen and oxygen atoms in total. The number of hydrogen-bond acceptors (Lipinski definition) is 6. The second-order valence-corrected chi connectivity index (χ2v) is 4.84. The van der Waals surface area contributed by atoms with E-state index in [-0.39, 0.29) is 0 Å². The van der Waals surface area contributed by atoms with Crippen molar-refractivity contribution in [1.29, 1.82) is 0 Å². The van der Waals surface area contributed by atoms with Gasteiger partial charge in [0.1, 0.15) is 5.75 Å². The summed E-state index contributed by atoms with van der Waals surface area (Å²) < 4.78 is 12.5. The number of benzene rings is 1. The van der Waals surface area contributed by atoms with Crippen molar-refractivity contribution in [3.63, 3.8) is 0 Å². The second kappa shape index (κ2) is 5.46. The SMILES string of the molecule is COc1cccc(N)c1-c1nnnn1CC1CCOC1. The number of nitrogens with zero attached hydrogens (tertiary/aromatic N) is 4. The number of ether oxygens (including phenoxy) is 2. The molecule has 1 unspecified atom stereocenters. The lowest BCUT2D eigenvalue weighted by Gasteiger charge is -2.12. The highest BCUT2D eigenvalue weighted by atomic mass is 16.5. The van der Waals surface area contributed by atoms with Gasteiger partial charge in [0.05, 0.1) is 25.8 Å². The molecule has 1 aliphatic rings. The van der Waals surface area contributed by atoms with E-state index < -0.39 is 0 Å². The predicted octanol–water partition coefficient (Wildman–Crippen LogP) is 0.967. The van der Waals surface area contributed by atoms with Gasteiger partial charge in [0, 0.05) is 18.2 Å². The van der Waals surface area contributed by atoms with Crippen LogP contribution in [-0.2, 0) is 11.3 Å². The van der Waals surface area contributed by atoms with Gasteiger partial charge in [0.15, 0.2) is 5.82 Å². The first-order valence-corrected chi connectivity index (χ1v) is 6.56. The molecule has 7 heteroatoms. The molecule has 1 aromatic carbocycles. The van der Waals surface area contributed by atoms with Crippen molar-refractivity contribution < 1.29 is 9.47 Å². The van der Waals surface area contributed by atoms with Crippen LogP contribution in [0.3, 0.4) is 0 Å². The number of anilines is 1. The van der Waals surface area contributed by atoms with Crippen molar-refractivity contribution in [2.24, 2.45) is 5.92 Å². The van der Waals surface area contributed by atoms with Gasteiger partial charge in [-0.1, -0.05) is 6.07 Å². The predicted molar refractivity (Wildman–Crippen MR) is 73.1 cm³/mol. The molecule has 2 N–H and O–H groups in total. The minimum absolute atomic E-state index is 0.438. The summed E-state index contributed by atoms with van der Waals surface area (Å²) in [6.45, 7) is 2.28. The first-order valence-electron chi connectivity index (χ1n) is 6.56. The van der Waals surface area contributed by atoms with Crippen LogP contribution < -0.4 is 10.5 Å². The molecule has 3 rings (SSSR count). The molecular formula is C13H17N5O2. The summed E-state index contributed by atoms with van der Waals surface area (Å²) in [5.41, 5.74) is 7.39. The van der Waals surface area contributed by atoms with Crippen LogP contribution in [0.4, 0.5) is 5.69 Å². The van der Waals surface area contributed by atoms with Crippen molar-refractivity contribution in [3.8, 4) is 17.1 Å². The third-order valence-corrected chi connectivity index (χ3v) is 3.49. The van der Waals surface area contributed by atoms with Crippen molar-refractivity contribution in [2.75, 3.05) is 26.1 Å². The van der Waals surface area contributed by atoms with Crippen molar-refractivity contribution in [1.82, 2.24) is 20.2 Å². The Labute approximate surface area is 116 Å². The maximum atomic E-state index is 6.05. The zero-order valence-electron chi connectivity index (χ0n) is 11.3. The summed E-state index contributed by atoms with van der Waals surface area (Å²) in [4.78, 5) is 0. The number of nitrogen functional groups attached to an aromatic ring is 1. The Bertz CT molecular complexity index is 592. The molecule has 0 spiro atoms. The smallest absolute Gasteiger partial charge is 0.187 e. The van der Waals surface area contributed by atoms with E-state index in [9.17, 15) is 0 Å². The van der Waals surface area contributed by atoms with Crippen LogP contribution in [0.1, 0.15) is 6.42 Å². The third kappa shape index (κ3) is 2.32. The number of nitrogens with two attached hydrogens (primary N) is 1. The van der Waals surface area contributed by atoms with Crippen LogP contribution in [0.25, 0.3) is 11.4 Å². The topological polar surface area (TPSA) is 88.1 Å². The molecule has 2 heterocycles. The third-order valence-electron chi connectivity index (χ3n) is 3.49. The van der Waals surface area contributed by atoms with E-state index in [0.29, 0.717) is 23.2 Å². The Hall–Kier alpha value is -2.15. The van der Waals surface area contributed by atoms with Crippen LogP contribution >= 0.6 is 0 Å². The summed E-state index contributed by atoms with van der Waals surface area (Å²) in [5.74, 6) is 1.74. The average Bonchev–Trinajstić information content (AvgIpc) is 3.11. The van der Waals surface area contributed by atoms with Gasteiger partial charge in [-0.2, -0.15) is 0 Å². The zero-order chi connectivity index (χ0) is 13.9. The molecule has 0 amide bonds. The average molecular weight is 275 g/mol. The molecule has 0 bridgehead atoms. The monoisotopic (exact) mass is 275 g/mol. The van der Waals surface area contributed by atoms with E-state index in [1.807, 2.05) is 18.2 Å². The van der Waals surface area contributed by atoms with E-state index in [1.165, 1.54) is 0 Å². The summed E-state index contributed by atoms with van der Waals surface area (Å²) in [6.07, 6.45) is 1.03. The van der Waals surface area contributed by atoms with Crippen LogP contribution in [0, 0.1) is 5.92 Å². The first-order chi connectivity index (χ1) is 9.79. The fraction of sp³-hybridized carbons (Fsp3) is 0.462. The van der Waals surface area contributed by atoms with Crippen molar-refractivity contribution >= 4 is 5.69 Å². The summed E-state index contributed by atoms with van der Waals surface area (Å²) in [6, 6.07) is 5.51. The standard InChI is InChI=1S/C13H17N5O2/c1-19-11-4-2-3-10(14)12(11)13-15-16-17-18(13)7-9-5-6-20-8-9/h2-4,9H,5-8,14H2,1H3. The number of methoxy groups -OCH3 is 1. The van der Waals surface area contributed by atoms with E-state index in [1.54, 1.807) is 11.8 Å². The van der Waals surface area contributed by atoms with Crippen LogP contribution in [0.15, 0.2) is 18.2 Å². The van der Waals surface area contributed by atoms with Gasteiger partial charge < -0.3 is 15.2 Å². The van der Waals surface area contributed by atoms with Crippen molar-refractivity contribution in [3.05, 3.63) is 18.2 Å². The minimum atomic E-state index is 0.438. The molecule has 106 valence electrons. The normalized spacial score (nSPS) is 18.4. The van der Waals surface area contributed by atoms with Gasteiger partial charge in [-0.05, 0) is 29.0 Å². The lowest BCUT2D eigenvalue weighted by Crippen LogP contribution is -2.13. The van der Waals surface area contributed by atoms with E-state index >= 15 is 0 Å². The Morgan fingerprint density at radius 1 is 1.50 bits per heavy atom. The second-order valence-electron chi connectivity index (χ2n) is 4.84. The molecule has 0 radical (unpaired) electrons. The minimum Gasteiger partial charge on any atom is -0.496 e. The van der Waals surface area contributed by atoms with Crippen LogP contribution in [0.2, 0.25) is 0 Å². The van der Waals surface area contributed by atoms with Crippen LogP contribution in [0.5, 0.6) is 5.75 Å². The highest BCUT2D eigenvalue weighted by molar-refractivity contribution is 5.77. The largest absolute Gasteiger partial charge is 0.496 e. The molecule has 1 aliphatic heterocycles. The van der Waals surface area contributed by atoms with E-state index in [4.69, 9.17) is 15.2 Å². The fourth-order valence-corrected chi connectivity index (χ4v) is 2.44. The molecule has 1 saturated heterocycles. The maximum absolute atomic E-state index is 6.05. The molecule has 1 fully saturated rings. The first kappa shape index (κ1) is 12.9. The molecular weight excluding hydrogens is 258 g/mol. The van der Waals surface area contributed by atoms with Gasteiger partial charge in [-0.3, -0.25) is 0 Å². The molecule has 0 saturated carbocycles. The molecule has 20 heavy (non-hydrogen) atoms. The number of aromatic nitrogens is 4. The van der Waals surface area contributed by atoms with E-state index in [0.717, 1.165) is 31.7 Å². The van der Waals surface area contributed by atoms with E-state index in [2.05, 4.69) is 15.5 Å². The maximum Gasteiger partial charge on any atom is 0.187 e. The lowest BCUT2D eigenvalue weighted by atomic mass is 10.1. The molecule has 0 aliphatic carbocycles. The number of tetrazole rings is 1. The quantitative estimate of drug-likeness (QED) is 0.836. The van der Waals surface area contributed by atoms with Gasteiger partial charge in [-0.25, -0.2) is 4.68 Å². The molecule has 1 aromatic heterocycles. The van der Waals surface area contributed by atoms with Gasteiger partial charge in [-0.15, -0.1) is 5.10 Å².